The van der Waals surface area contributed by atoms with E-state index in [1.807, 2.05) is 6.92 Å². The average molecular weight is 295 g/mol. The Kier molecular flexibility index (Phi) is 5.76. The maximum absolute atomic E-state index is 6.32. The standard InChI is InChI=1S/C16H29N3O2/c1-4-7-12(8-5-2)14-18-15(19-21-14)16(3,17)11-20-13-9-6-10-13/h12-13H,4-11,17H2,1-3H3. The summed E-state index contributed by atoms with van der Waals surface area (Å²) in [7, 11) is 0. The van der Waals surface area contributed by atoms with Crippen LogP contribution in [-0.4, -0.2) is 22.9 Å². The van der Waals surface area contributed by atoms with E-state index in [4.69, 9.17) is 15.0 Å². The molecule has 0 bridgehead atoms. The van der Waals surface area contributed by atoms with E-state index < -0.39 is 5.54 Å². The highest BCUT2D eigenvalue weighted by molar-refractivity contribution is 5.04. The summed E-state index contributed by atoms with van der Waals surface area (Å²) in [6.45, 7) is 6.72. The number of hydrogen-bond donors (Lipinski definition) is 1. The predicted molar refractivity (Wildman–Crippen MR) is 82.0 cm³/mol. The zero-order valence-corrected chi connectivity index (χ0v) is 13.6. The van der Waals surface area contributed by atoms with Crippen LogP contribution in [0.5, 0.6) is 0 Å². The smallest absolute Gasteiger partial charge is 0.229 e. The van der Waals surface area contributed by atoms with E-state index in [1.165, 1.54) is 6.42 Å². The molecular formula is C16H29N3O2. The first-order chi connectivity index (χ1) is 10.1. The molecule has 1 unspecified atom stereocenters. The Labute approximate surface area is 127 Å². The van der Waals surface area contributed by atoms with Gasteiger partial charge in [0.05, 0.1) is 12.7 Å². The Balaban J connectivity index is 1.98. The second kappa shape index (κ2) is 7.36. The lowest BCUT2D eigenvalue weighted by atomic mass is 9.95. The zero-order valence-electron chi connectivity index (χ0n) is 13.6. The minimum atomic E-state index is -0.680. The highest BCUT2D eigenvalue weighted by Crippen LogP contribution is 2.28. The number of aromatic nitrogens is 2. The molecule has 120 valence electrons. The lowest BCUT2D eigenvalue weighted by molar-refractivity contribution is -0.0222. The van der Waals surface area contributed by atoms with Crippen molar-refractivity contribution in [1.29, 1.82) is 0 Å². The Hall–Kier alpha value is -0.940. The van der Waals surface area contributed by atoms with Crippen LogP contribution in [0.4, 0.5) is 0 Å². The van der Waals surface area contributed by atoms with Crippen molar-refractivity contribution < 1.29 is 9.26 Å². The van der Waals surface area contributed by atoms with Crippen molar-refractivity contribution in [3.05, 3.63) is 11.7 Å². The van der Waals surface area contributed by atoms with Crippen LogP contribution in [0, 0.1) is 0 Å². The van der Waals surface area contributed by atoms with Crippen LogP contribution >= 0.6 is 0 Å². The van der Waals surface area contributed by atoms with E-state index in [-0.39, 0.29) is 0 Å². The van der Waals surface area contributed by atoms with Crippen molar-refractivity contribution in [3.63, 3.8) is 0 Å². The van der Waals surface area contributed by atoms with Gasteiger partial charge in [-0.15, -0.1) is 0 Å². The SMILES string of the molecule is CCCC(CCC)c1nc(C(C)(N)COC2CCC2)no1. The topological polar surface area (TPSA) is 74.2 Å². The average Bonchev–Trinajstić information content (AvgIpc) is 2.86. The molecule has 0 aromatic carbocycles. The molecule has 0 radical (unpaired) electrons. The second-order valence-electron chi connectivity index (χ2n) is 6.51. The fourth-order valence-electron chi connectivity index (χ4n) is 2.61. The van der Waals surface area contributed by atoms with Crippen molar-refractivity contribution in [1.82, 2.24) is 10.1 Å². The molecule has 0 aliphatic heterocycles. The first-order valence-electron chi connectivity index (χ1n) is 8.31. The molecule has 1 heterocycles. The summed E-state index contributed by atoms with van der Waals surface area (Å²) in [5, 5.41) is 4.10. The van der Waals surface area contributed by atoms with E-state index in [9.17, 15) is 0 Å². The molecule has 5 nitrogen and oxygen atoms in total. The summed E-state index contributed by atoms with van der Waals surface area (Å²) in [5.74, 6) is 1.65. The number of rotatable bonds is 9. The van der Waals surface area contributed by atoms with Crippen LogP contribution < -0.4 is 5.73 Å². The molecule has 0 saturated heterocycles. The fraction of sp³-hybridized carbons (Fsp3) is 0.875. The third-order valence-corrected chi connectivity index (χ3v) is 4.25. The van der Waals surface area contributed by atoms with Gasteiger partial charge in [0.15, 0.2) is 5.82 Å². The van der Waals surface area contributed by atoms with Gasteiger partial charge in [0.2, 0.25) is 5.89 Å². The van der Waals surface area contributed by atoms with Crippen LogP contribution in [0.1, 0.15) is 83.3 Å². The number of nitrogens with zero attached hydrogens (tertiary/aromatic N) is 2. The van der Waals surface area contributed by atoms with Crippen LogP contribution in [-0.2, 0) is 10.3 Å². The van der Waals surface area contributed by atoms with Crippen LogP contribution in [0.15, 0.2) is 4.52 Å². The first-order valence-corrected chi connectivity index (χ1v) is 8.31. The van der Waals surface area contributed by atoms with Gasteiger partial charge in [-0.25, -0.2) is 0 Å². The molecule has 1 saturated carbocycles. The summed E-state index contributed by atoms with van der Waals surface area (Å²) in [6, 6.07) is 0. The van der Waals surface area contributed by atoms with Gasteiger partial charge in [-0.2, -0.15) is 4.98 Å². The van der Waals surface area contributed by atoms with Crippen LogP contribution in [0.25, 0.3) is 0 Å². The van der Waals surface area contributed by atoms with E-state index in [2.05, 4.69) is 24.0 Å². The molecule has 2 N–H and O–H groups in total. The van der Waals surface area contributed by atoms with Gasteiger partial charge < -0.3 is 15.0 Å². The number of ether oxygens (including phenoxy) is 1. The molecule has 1 atom stereocenters. The van der Waals surface area contributed by atoms with Gasteiger partial charge >= 0.3 is 0 Å². The van der Waals surface area contributed by atoms with Gasteiger partial charge in [0, 0.05) is 5.92 Å². The van der Waals surface area contributed by atoms with Gasteiger partial charge in [-0.3, -0.25) is 0 Å². The number of hydrogen-bond acceptors (Lipinski definition) is 5. The molecule has 1 fully saturated rings. The normalized spacial score (nSPS) is 18.7. The summed E-state index contributed by atoms with van der Waals surface area (Å²) >= 11 is 0. The molecule has 0 spiro atoms. The first kappa shape index (κ1) is 16.4. The Morgan fingerprint density at radius 3 is 2.52 bits per heavy atom. The van der Waals surface area contributed by atoms with E-state index >= 15 is 0 Å². The lowest BCUT2D eigenvalue weighted by Crippen LogP contribution is -2.41. The Morgan fingerprint density at radius 2 is 2.00 bits per heavy atom. The number of nitrogens with two attached hydrogens (primary N) is 1. The monoisotopic (exact) mass is 295 g/mol. The quantitative estimate of drug-likeness (QED) is 0.754. The summed E-state index contributed by atoms with van der Waals surface area (Å²) in [4.78, 5) is 4.56. The maximum Gasteiger partial charge on any atom is 0.229 e. The maximum atomic E-state index is 6.32. The molecule has 2 rings (SSSR count). The molecular weight excluding hydrogens is 266 g/mol. The van der Waals surface area contributed by atoms with Crippen molar-refractivity contribution >= 4 is 0 Å². The molecule has 5 heteroatoms. The highest BCUT2D eigenvalue weighted by atomic mass is 16.5. The molecule has 21 heavy (non-hydrogen) atoms. The van der Waals surface area contributed by atoms with Crippen molar-refractivity contribution in [3.8, 4) is 0 Å². The Bertz CT molecular complexity index is 421. The highest BCUT2D eigenvalue weighted by Gasteiger charge is 2.31. The minimum Gasteiger partial charge on any atom is -0.376 e. The van der Waals surface area contributed by atoms with Gasteiger partial charge in [0.25, 0.3) is 0 Å². The minimum absolute atomic E-state index is 0.351. The largest absolute Gasteiger partial charge is 0.376 e. The molecule has 0 amide bonds. The van der Waals surface area contributed by atoms with E-state index in [0.717, 1.165) is 44.4 Å². The van der Waals surface area contributed by atoms with E-state index in [0.29, 0.717) is 24.5 Å². The molecule has 1 aromatic heterocycles. The summed E-state index contributed by atoms with van der Waals surface area (Å²) in [5.41, 5.74) is 5.64. The summed E-state index contributed by atoms with van der Waals surface area (Å²) < 4.78 is 11.3. The van der Waals surface area contributed by atoms with Crippen molar-refractivity contribution in [2.24, 2.45) is 5.73 Å². The predicted octanol–water partition coefficient (Wildman–Crippen LogP) is 3.50. The Morgan fingerprint density at radius 1 is 1.33 bits per heavy atom. The van der Waals surface area contributed by atoms with Gasteiger partial charge in [0.1, 0.15) is 5.54 Å². The van der Waals surface area contributed by atoms with Crippen LogP contribution in [0.2, 0.25) is 0 Å². The second-order valence-corrected chi connectivity index (χ2v) is 6.51. The van der Waals surface area contributed by atoms with E-state index in [1.54, 1.807) is 0 Å². The summed E-state index contributed by atoms with van der Waals surface area (Å²) in [6.07, 6.45) is 8.30. The molecule has 1 aromatic rings. The van der Waals surface area contributed by atoms with Gasteiger partial charge in [-0.05, 0) is 39.0 Å². The third kappa shape index (κ3) is 4.27. The van der Waals surface area contributed by atoms with Crippen molar-refractivity contribution in [2.75, 3.05) is 6.61 Å². The van der Waals surface area contributed by atoms with Gasteiger partial charge in [-0.1, -0.05) is 31.8 Å². The fourth-order valence-corrected chi connectivity index (χ4v) is 2.61. The lowest BCUT2D eigenvalue weighted by Gasteiger charge is -2.29. The molecule has 1 aliphatic rings. The third-order valence-electron chi connectivity index (χ3n) is 4.25. The van der Waals surface area contributed by atoms with Crippen LogP contribution in [0.3, 0.4) is 0 Å². The van der Waals surface area contributed by atoms with Crippen molar-refractivity contribution in [2.45, 2.75) is 83.3 Å². The molecule has 1 aliphatic carbocycles. The zero-order chi connectivity index (χ0) is 15.3.